The predicted octanol–water partition coefficient (Wildman–Crippen LogP) is 2.04. The highest BCUT2D eigenvalue weighted by molar-refractivity contribution is 5.85. The van der Waals surface area contributed by atoms with Crippen LogP contribution < -0.4 is 0 Å². The fraction of sp³-hybridized carbons (Fsp3) is 0.600. The molecule has 0 atom stereocenters. The van der Waals surface area contributed by atoms with Gasteiger partial charge >= 0.3 is 5.97 Å². The maximum absolute atomic E-state index is 10.8. The maximum Gasteiger partial charge on any atom is 0.356 e. The van der Waals surface area contributed by atoms with E-state index in [1.165, 1.54) is 0 Å². The monoisotopic (exact) mass is 194 g/mol. The van der Waals surface area contributed by atoms with Crippen LogP contribution in [0.4, 0.5) is 0 Å². The van der Waals surface area contributed by atoms with Gasteiger partial charge in [-0.2, -0.15) is 5.10 Å². The van der Waals surface area contributed by atoms with Gasteiger partial charge in [-0.25, -0.2) is 4.79 Å². The number of hydrogen-bond donors (Lipinski definition) is 1. The van der Waals surface area contributed by atoms with Crippen molar-refractivity contribution in [2.45, 2.75) is 38.6 Å². The molecule has 1 aromatic heterocycles. The van der Waals surface area contributed by atoms with Gasteiger partial charge in [0, 0.05) is 5.69 Å². The van der Waals surface area contributed by atoms with Gasteiger partial charge in [0.1, 0.15) is 0 Å². The first kappa shape index (κ1) is 9.24. The Morgan fingerprint density at radius 2 is 2.29 bits per heavy atom. The van der Waals surface area contributed by atoms with Crippen molar-refractivity contribution in [3.63, 3.8) is 0 Å². The lowest BCUT2D eigenvalue weighted by atomic mass is 10.1. The smallest absolute Gasteiger partial charge is 0.356 e. The van der Waals surface area contributed by atoms with E-state index in [2.05, 4.69) is 18.9 Å². The maximum atomic E-state index is 10.8. The summed E-state index contributed by atoms with van der Waals surface area (Å²) in [6, 6.07) is 2.13. The molecule has 14 heavy (non-hydrogen) atoms. The van der Waals surface area contributed by atoms with Crippen LogP contribution in [0, 0.1) is 0 Å². The molecular weight excluding hydrogens is 180 g/mol. The molecule has 0 unspecified atom stereocenters. The number of carboxylic acids is 1. The molecule has 0 amide bonds. The Bertz CT molecular complexity index is 345. The van der Waals surface area contributed by atoms with Crippen LogP contribution in [-0.2, 0) is 0 Å². The molecule has 0 spiro atoms. The van der Waals surface area contributed by atoms with Gasteiger partial charge in [0.15, 0.2) is 5.69 Å². The molecule has 1 aliphatic rings. The van der Waals surface area contributed by atoms with Crippen molar-refractivity contribution < 1.29 is 9.90 Å². The molecule has 0 radical (unpaired) electrons. The fourth-order valence-corrected chi connectivity index (χ4v) is 1.56. The van der Waals surface area contributed by atoms with Crippen molar-refractivity contribution in [3.05, 3.63) is 17.5 Å². The largest absolute Gasteiger partial charge is 0.476 e. The van der Waals surface area contributed by atoms with E-state index in [-0.39, 0.29) is 5.69 Å². The highest BCUT2D eigenvalue weighted by Crippen LogP contribution is 2.37. The van der Waals surface area contributed by atoms with Gasteiger partial charge in [-0.15, -0.1) is 0 Å². The second-order valence-corrected chi connectivity index (χ2v) is 4.09. The molecule has 1 aromatic rings. The second-order valence-electron chi connectivity index (χ2n) is 4.09. The number of carboxylic acid groups (broad SMARTS) is 1. The summed E-state index contributed by atoms with van der Waals surface area (Å²) in [5.74, 6) is -0.609. The molecule has 4 nitrogen and oxygen atoms in total. The molecule has 0 saturated heterocycles. The summed E-state index contributed by atoms with van der Waals surface area (Å²) in [4.78, 5) is 10.8. The molecule has 4 heteroatoms. The number of rotatable bonds is 3. The van der Waals surface area contributed by atoms with Crippen LogP contribution in [0.5, 0.6) is 0 Å². The van der Waals surface area contributed by atoms with E-state index in [0.29, 0.717) is 12.0 Å². The summed E-state index contributed by atoms with van der Waals surface area (Å²) in [7, 11) is 0. The van der Waals surface area contributed by atoms with Crippen molar-refractivity contribution in [1.29, 1.82) is 0 Å². The molecule has 2 rings (SSSR count). The zero-order valence-electron chi connectivity index (χ0n) is 8.40. The zero-order chi connectivity index (χ0) is 10.3. The average Bonchev–Trinajstić information content (AvgIpc) is 2.83. The summed E-state index contributed by atoms with van der Waals surface area (Å²) in [5.41, 5.74) is 1.20. The van der Waals surface area contributed by atoms with Crippen LogP contribution in [0.2, 0.25) is 0 Å². The summed E-state index contributed by atoms with van der Waals surface area (Å²) in [5, 5.41) is 12.9. The van der Waals surface area contributed by atoms with E-state index in [4.69, 9.17) is 5.11 Å². The van der Waals surface area contributed by atoms with Crippen molar-refractivity contribution in [1.82, 2.24) is 9.78 Å². The number of carbonyl (C=O) groups is 1. The molecule has 1 aliphatic carbocycles. The standard InChI is InChI=1S/C10H14N2O2/c1-6(2)9-5-8(10(13)14)11-12(9)7-3-4-7/h5-7H,3-4H2,1-2H3,(H,13,14). The Kier molecular flexibility index (Phi) is 2.06. The van der Waals surface area contributed by atoms with Crippen molar-refractivity contribution >= 4 is 5.97 Å². The Balaban J connectivity index is 2.40. The molecule has 0 aromatic carbocycles. The summed E-state index contributed by atoms with van der Waals surface area (Å²) < 4.78 is 1.88. The second kappa shape index (κ2) is 3.12. The van der Waals surface area contributed by atoms with E-state index < -0.39 is 5.97 Å². The minimum absolute atomic E-state index is 0.167. The minimum Gasteiger partial charge on any atom is -0.476 e. The Morgan fingerprint density at radius 3 is 2.71 bits per heavy atom. The topological polar surface area (TPSA) is 55.1 Å². The Hall–Kier alpha value is -1.32. The third-order valence-corrected chi connectivity index (χ3v) is 2.47. The first-order chi connectivity index (χ1) is 6.59. The van der Waals surface area contributed by atoms with E-state index in [1.807, 2.05) is 4.68 Å². The van der Waals surface area contributed by atoms with Crippen LogP contribution in [0.1, 0.15) is 54.8 Å². The lowest BCUT2D eigenvalue weighted by Gasteiger charge is -2.07. The van der Waals surface area contributed by atoms with Gasteiger partial charge in [-0.3, -0.25) is 4.68 Å². The average molecular weight is 194 g/mol. The first-order valence-corrected chi connectivity index (χ1v) is 4.92. The van der Waals surface area contributed by atoms with E-state index >= 15 is 0 Å². The van der Waals surface area contributed by atoms with Crippen LogP contribution in [0.25, 0.3) is 0 Å². The normalized spacial score (nSPS) is 16.2. The highest BCUT2D eigenvalue weighted by atomic mass is 16.4. The van der Waals surface area contributed by atoms with Gasteiger partial charge in [-0.05, 0) is 24.8 Å². The van der Waals surface area contributed by atoms with Crippen molar-refractivity contribution in [2.75, 3.05) is 0 Å². The van der Waals surface area contributed by atoms with Crippen molar-refractivity contribution in [3.8, 4) is 0 Å². The summed E-state index contributed by atoms with van der Waals surface area (Å²) in [6.45, 7) is 4.11. The van der Waals surface area contributed by atoms with Gasteiger partial charge in [-0.1, -0.05) is 13.8 Å². The van der Waals surface area contributed by atoms with E-state index in [0.717, 1.165) is 18.5 Å². The first-order valence-electron chi connectivity index (χ1n) is 4.92. The van der Waals surface area contributed by atoms with Crippen LogP contribution in [0.3, 0.4) is 0 Å². The number of hydrogen-bond acceptors (Lipinski definition) is 2. The van der Waals surface area contributed by atoms with Crippen LogP contribution in [0.15, 0.2) is 6.07 Å². The quantitative estimate of drug-likeness (QED) is 0.801. The summed E-state index contributed by atoms with van der Waals surface area (Å²) >= 11 is 0. The Morgan fingerprint density at radius 1 is 1.64 bits per heavy atom. The molecule has 1 fully saturated rings. The molecule has 1 saturated carbocycles. The van der Waals surface area contributed by atoms with Crippen molar-refractivity contribution in [2.24, 2.45) is 0 Å². The molecule has 0 bridgehead atoms. The number of nitrogens with zero attached hydrogens (tertiary/aromatic N) is 2. The zero-order valence-corrected chi connectivity index (χ0v) is 8.40. The number of aromatic nitrogens is 2. The van der Waals surface area contributed by atoms with Gasteiger partial charge in [0.2, 0.25) is 0 Å². The summed E-state index contributed by atoms with van der Waals surface area (Å²) in [6.07, 6.45) is 2.25. The SMILES string of the molecule is CC(C)c1cc(C(=O)O)nn1C1CC1. The highest BCUT2D eigenvalue weighted by Gasteiger charge is 2.28. The van der Waals surface area contributed by atoms with E-state index in [1.54, 1.807) is 6.07 Å². The lowest BCUT2D eigenvalue weighted by Crippen LogP contribution is -2.04. The van der Waals surface area contributed by atoms with Gasteiger partial charge in [0.25, 0.3) is 0 Å². The fourth-order valence-electron chi connectivity index (χ4n) is 1.56. The van der Waals surface area contributed by atoms with Gasteiger partial charge in [0.05, 0.1) is 6.04 Å². The molecule has 1 heterocycles. The molecule has 0 aliphatic heterocycles. The van der Waals surface area contributed by atoms with Gasteiger partial charge < -0.3 is 5.11 Å². The lowest BCUT2D eigenvalue weighted by molar-refractivity contribution is 0.0689. The molecule has 76 valence electrons. The predicted molar refractivity (Wildman–Crippen MR) is 51.5 cm³/mol. The van der Waals surface area contributed by atoms with Crippen LogP contribution in [-0.4, -0.2) is 20.9 Å². The van der Waals surface area contributed by atoms with Crippen LogP contribution >= 0.6 is 0 Å². The Labute approximate surface area is 82.5 Å². The van der Waals surface area contributed by atoms with E-state index in [9.17, 15) is 4.79 Å². The number of aromatic carboxylic acids is 1. The molecular formula is C10H14N2O2. The third-order valence-electron chi connectivity index (χ3n) is 2.47. The minimum atomic E-state index is -0.939. The molecule has 1 N–H and O–H groups in total. The third kappa shape index (κ3) is 1.52.